The van der Waals surface area contributed by atoms with Crippen molar-refractivity contribution in [1.29, 1.82) is 0 Å². The van der Waals surface area contributed by atoms with Gasteiger partial charge in [0.1, 0.15) is 0 Å². The predicted octanol–water partition coefficient (Wildman–Crippen LogP) is 4.86. The summed E-state index contributed by atoms with van der Waals surface area (Å²) in [5, 5.41) is 16.5. The molecule has 2 aromatic carbocycles. The summed E-state index contributed by atoms with van der Waals surface area (Å²) in [7, 11) is 0. The van der Waals surface area contributed by atoms with Gasteiger partial charge in [0.15, 0.2) is 5.13 Å². The van der Waals surface area contributed by atoms with Crippen LogP contribution in [0, 0.1) is 17.0 Å². The zero-order chi connectivity index (χ0) is 18.7. The van der Waals surface area contributed by atoms with Crippen LogP contribution in [0.1, 0.15) is 11.1 Å². The molecule has 1 heterocycles. The first kappa shape index (κ1) is 18.0. The Labute approximate surface area is 158 Å². The molecule has 3 aromatic rings. The van der Waals surface area contributed by atoms with Crippen LogP contribution in [0.4, 0.5) is 10.8 Å². The van der Waals surface area contributed by atoms with Crippen molar-refractivity contribution in [2.24, 2.45) is 0 Å². The Balaban J connectivity index is 1.74. The third kappa shape index (κ3) is 4.07. The maximum Gasteiger partial charge on any atom is 0.272 e. The number of aryl methyl sites for hydroxylation is 1. The monoisotopic (exact) mass is 387 g/mol. The number of nitro groups is 1. The molecule has 132 valence electrons. The van der Waals surface area contributed by atoms with Gasteiger partial charge in [-0.3, -0.25) is 14.9 Å². The molecule has 6 nitrogen and oxygen atoms in total. The largest absolute Gasteiger partial charge is 0.302 e. The van der Waals surface area contributed by atoms with E-state index >= 15 is 0 Å². The quantitative estimate of drug-likeness (QED) is 0.500. The Hall–Kier alpha value is -2.77. The molecule has 0 aliphatic carbocycles. The standard InChI is InChI=1S/C18H14ClN3O3S/c1-11-6-7-13(8-16(11)22(24)25)15-10-26-18(20-15)21-17(23)9-12-4-2-3-5-14(12)19/h2-8,10H,9H2,1H3,(H,20,21,23). The Bertz CT molecular complexity index is 987. The fourth-order valence-electron chi connectivity index (χ4n) is 2.41. The topological polar surface area (TPSA) is 85.1 Å². The number of aromatic nitrogens is 1. The number of nitrogens with zero attached hydrogens (tertiary/aromatic N) is 2. The molecule has 0 radical (unpaired) electrons. The minimum absolute atomic E-state index is 0.0415. The van der Waals surface area contributed by atoms with Gasteiger partial charge in [0.2, 0.25) is 5.91 Å². The summed E-state index contributed by atoms with van der Waals surface area (Å²) in [6, 6.07) is 12.1. The predicted molar refractivity (Wildman–Crippen MR) is 103 cm³/mol. The van der Waals surface area contributed by atoms with Crippen molar-refractivity contribution >= 4 is 39.7 Å². The van der Waals surface area contributed by atoms with Gasteiger partial charge in [-0.25, -0.2) is 4.98 Å². The number of carbonyl (C=O) groups is 1. The number of anilines is 1. The number of hydrogen-bond donors (Lipinski definition) is 1. The van der Waals surface area contributed by atoms with Gasteiger partial charge >= 0.3 is 0 Å². The van der Waals surface area contributed by atoms with E-state index in [4.69, 9.17) is 11.6 Å². The van der Waals surface area contributed by atoms with Crippen LogP contribution in [0.25, 0.3) is 11.3 Å². The number of thiazole rings is 1. The van der Waals surface area contributed by atoms with Crippen molar-refractivity contribution in [2.75, 3.05) is 5.32 Å². The van der Waals surface area contributed by atoms with Crippen molar-refractivity contribution in [3.8, 4) is 11.3 Å². The van der Waals surface area contributed by atoms with Gasteiger partial charge < -0.3 is 5.32 Å². The van der Waals surface area contributed by atoms with E-state index in [9.17, 15) is 14.9 Å². The van der Waals surface area contributed by atoms with E-state index in [0.29, 0.717) is 27.0 Å². The highest BCUT2D eigenvalue weighted by Gasteiger charge is 2.14. The Morgan fingerprint density at radius 1 is 1.31 bits per heavy atom. The Morgan fingerprint density at radius 3 is 2.81 bits per heavy atom. The number of carbonyl (C=O) groups excluding carboxylic acids is 1. The van der Waals surface area contributed by atoms with Crippen molar-refractivity contribution < 1.29 is 9.72 Å². The van der Waals surface area contributed by atoms with Crippen molar-refractivity contribution in [2.45, 2.75) is 13.3 Å². The Morgan fingerprint density at radius 2 is 2.08 bits per heavy atom. The molecule has 0 spiro atoms. The maximum atomic E-state index is 12.2. The maximum absolute atomic E-state index is 12.2. The molecule has 0 fully saturated rings. The SMILES string of the molecule is Cc1ccc(-c2csc(NC(=O)Cc3ccccc3Cl)n2)cc1[N+](=O)[O-]. The molecule has 0 saturated carbocycles. The molecule has 1 amide bonds. The molecule has 3 rings (SSSR count). The number of amides is 1. The van der Waals surface area contributed by atoms with Gasteiger partial charge in [-0.1, -0.05) is 41.9 Å². The third-order valence-corrected chi connectivity index (χ3v) is 4.89. The number of halogens is 1. The van der Waals surface area contributed by atoms with Crippen LogP contribution in [0.5, 0.6) is 0 Å². The molecule has 26 heavy (non-hydrogen) atoms. The molecule has 0 bridgehead atoms. The lowest BCUT2D eigenvalue weighted by molar-refractivity contribution is -0.385. The summed E-state index contributed by atoms with van der Waals surface area (Å²) in [6.07, 6.45) is 0.143. The van der Waals surface area contributed by atoms with E-state index in [2.05, 4.69) is 10.3 Å². The summed E-state index contributed by atoms with van der Waals surface area (Å²) in [6.45, 7) is 1.68. The van der Waals surface area contributed by atoms with Gasteiger partial charge in [-0.15, -0.1) is 11.3 Å². The lowest BCUT2D eigenvalue weighted by Crippen LogP contribution is -2.14. The van der Waals surface area contributed by atoms with E-state index in [1.54, 1.807) is 42.6 Å². The number of nitro benzene ring substituents is 1. The summed E-state index contributed by atoms with van der Waals surface area (Å²) in [4.78, 5) is 27.2. The molecule has 0 aliphatic rings. The van der Waals surface area contributed by atoms with Gasteiger partial charge in [-0.2, -0.15) is 0 Å². The molecule has 1 aromatic heterocycles. The molecule has 0 unspecified atom stereocenters. The number of nitrogens with one attached hydrogen (secondary N) is 1. The number of hydrogen-bond acceptors (Lipinski definition) is 5. The van der Waals surface area contributed by atoms with Crippen LogP contribution >= 0.6 is 22.9 Å². The average Bonchev–Trinajstić information content (AvgIpc) is 3.05. The fraction of sp³-hybridized carbons (Fsp3) is 0.111. The van der Waals surface area contributed by atoms with Gasteiger partial charge in [0, 0.05) is 27.6 Å². The van der Waals surface area contributed by atoms with Crippen molar-refractivity contribution in [3.05, 3.63) is 74.1 Å². The van der Waals surface area contributed by atoms with Gasteiger partial charge in [-0.05, 0) is 18.6 Å². The minimum Gasteiger partial charge on any atom is -0.302 e. The van der Waals surface area contributed by atoms with Crippen molar-refractivity contribution in [1.82, 2.24) is 4.98 Å². The van der Waals surface area contributed by atoms with Gasteiger partial charge in [0.25, 0.3) is 5.69 Å². The first-order chi connectivity index (χ1) is 12.4. The van der Waals surface area contributed by atoms with E-state index in [-0.39, 0.29) is 18.0 Å². The number of rotatable bonds is 5. The second kappa shape index (κ2) is 7.63. The highest BCUT2D eigenvalue weighted by molar-refractivity contribution is 7.14. The first-order valence-corrected chi connectivity index (χ1v) is 8.94. The van der Waals surface area contributed by atoms with E-state index in [1.165, 1.54) is 17.4 Å². The minimum atomic E-state index is -0.419. The average molecular weight is 388 g/mol. The zero-order valence-electron chi connectivity index (χ0n) is 13.7. The second-order valence-corrected chi connectivity index (χ2v) is 6.88. The van der Waals surface area contributed by atoms with Crippen LogP contribution in [-0.4, -0.2) is 15.8 Å². The van der Waals surface area contributed by atoms with E-state index in [0.717, 1.165) is 5.56 Å². The Kier molecular flexibility index (Phi) is 5.29. The fourth-order valence-corrected chi connectivity index (χ4v) is 3.35. The molecule has 0 aliphatic heterocycles. The van der Waals surface area contributed by atoms with Crippen LogP contribution in [0.3, 0.4) is 0 Å². The highest BCUT2D eigenvalue weighted by atomic mass is 35.5. The van der Waals surface area contributed by atoms with Crippen LogP contribution < -0.4 is 5.32 Å². The molecule has 0 saturated heterocycles. The molecular weight excluding hydrogens is 374 g/mol. The first-order valence-electron chi connectivity index (χ1n) is 7.68. The van der Waals surface area contributed by atoms with Crippen LogP contribution in [0.2, 0.25) is 5.02 Å². The lowest BCUT2D eigenvalue weighted by Gasteiger charge is -2.04. The summed E-state index contributed by atoms with van der Waals surface area (Å²) in [5.74, 6) is -0.228. The summed E-state index contributed by atoms with van der Waals surface area (Å²) >= 11 is 7.32. The van der Waals surface area contributed by atoms with Gasteiger partial charge in [0.05, 0.1) is 17.0 Å². The molecule has 1 N–H and O–H groups in total. The highest BCUT2D eigenvalue weighted by Crippen LogP contribution is 2.29. The second-order valence-electron chi connectivity index (χ2n) is 5.61. The molecule has 8 heteroatoms. The molecular formula is C18H14ClN3O3S. The van der Waals surface area contributed by atoms with Crippen molar-refractivity contribution in [3.63, 3.8) is 0 Å². The zero-order valence-corrected chi connectivity index (χ0v) is 15.3. The summed E-state index contributed by atoms with van der Waals surface area (Å²) < 4.78 is 0. The third-order valence-electron chi connectivity index (χ3n) is 3.76. The normalized spacial score (nSPS) is 10.5. The van der Waals surface area contributed by atoms with Crippen LogP contribution in [-0.2, 0) is 11.2 Å². The van der Waals surface area contributed by atoms with E-state index < -0.39 is 4.92 Å². The molecule has 0 atom stereocenters. The smallest absolute Gasteiger partial charge is 0.272 e. The van der Waals surface area contributed by atoms with E-state index in [1.807, 2.05) is 6.07 Å². The number of benzene rings is 2. The lowest BCUT2D eigenvalue weighted by atomic mass is 10.1. The summed E-state index contributed by atoms with van der Waals surface area (Å²) in [5.41, 5.74) is 2.57. The van der Waals surface area contributed by atoms with Crippen LogP contribution in [0.15, 0.2) is 47.8 Å².